The molecule has 25 heavy (non-hydrogen) atoms. The maximum absolute atomic E-state index is 11.9. The Kier molecular flexibility index (Phi) is 6.27. The van der Waals surface area contributed by atoms with Gasteiger partial charge in [-0.05, 0) is 30.2 Å². The number of hydrogen-bond acceptors (Lipinski definition) is 6. The Bertz CT molecular complexity index is 813. The van der Waals surface area contributed by atoms with E-state index in [1.807, 2.05) is 13.8 Å². The van der Waals surface area contributed by atoms with Gasteiger partial charge in [0, 0.05) is 17.7 Å². The summed E-state index contributed by atoms with van der Waals surface area (Å²) in [5, 5.41) is 9.48. The van der Waals surface area contributed by atoms with Gasteiger partial charge in [-0.1, -0.05) is 13.8 Å². The number of carbonyl (C=O) groups is 1. The van der Waals surface area contributed by atoms with Gasteiger partial charge in [0.2, 0.25) is 5.91 Å². The fourth-order valence-electron chi connectivity index (χ4n) is 2.28. The molecule has 0 saturated heterocycles. The summed E-state index contributed by atoms with van der Waals surface area (Å²) in [6.45, 7) is 3.95. The minimum atomic E-state index is -3.20. The van der Waals surface area contributed by atoms with E-state index in [2.05, 4.69) is 20.5 Å². The molecule has 0 bridgehead atoms. The van der Waals surface area contributed by atoms with Crippen LogP contribution in [-0.4, -0.2) is 41.0 Å². The molecule has 0 aliphatic rings. The SMILES string of the molecule is CC(C)CS(=O)(=O)CCC(=O)Nc1ccc(-c2n[nH]c(CN)n2)cc1. The van der Waals surface area contributed by atoms with Gasteiger partial charge in [-0.15, -0.1) is 0 Å². The van der Waals surface area contributed by atoms with Gasteiger partial charge < -0.3 is 11.1 Å². The van der Waals surface area contributed by atoms with Gasteiger partial charge in [-0.3, -0.25) is 9.89 Å². The Morgan fingerprint density at radius 3 is 2.52 bits per heavy atom. The lowest BCUT2D eigenvalue weighted by Gasteiger charge is -2.08. The predicted molar refractivity (Wildman–Crippen MR) is 96.4 cm³/mol. The molecule has 0 aliphatic heterocycles. The zero-order valence-corrected chi connectivity index (χ0v) is 15.1. The van der Waals surface area contributed by atoms with E-state index in [1.54, 1.807) is 24.3 Å². The van der Waals surface area contributed by atoms with Crippen LogP contribution in [0.2, 0.25) is 0 Å². The van der Waals surface area contributed by atoms with Crippen molar-refractivity contribution in [1.29, 1.82) is 0 Å². The maximum Gasteiger partial charge on any atom is 0.225 e. The van der Waals surface area contributed by atoms with E-state index < -0.39 is 9.84 Å². The number of anilines is 1. The van der Waals surface area contributed by atoms with Crippen LogP contribution in [0.4, 0.5) is 5.69 Å². The van der Waals surface area contributed by atoms with Gasteiger partial charge in [-0.25, -0.2) is 13.4 Å². The number of hydrogen-bond donors (Lipinski definition) is 3. The van der Waals surface area contributed by atoms with Crippen LogP contribution in [0.5, 0.6) is 0 Å². The van der Waals surface area contributed by atoms with Crippen LogP contribution >= 0.6 is 0 Å². The zero-order valence-electron chi connectivity index (χ0n) is 14.3. The van der Waals surface area contributed by atoms with Crippen LogP contribution in [0.3, 0.4) is 0 Å². The van der Waals surface area contributed by atoms with Crippen LogP contribution in [0.1, 0.15) is 26.1 Å². The molecule has 0 unspecified atom stereocenters. The molecular weight excluding hydrogens is 342 g/mol. The number of sulfone groups is 1. The van der Waals surface area contributed by atoms with E-state index in [-0.39, 0.29) is 36.3 Å². The molecule has 8 nitrogen and oxygen atoms in total. The van der Waals surface area contributed by atoms with Crippen molar-refractivity contribution in [3.63, 3.8) is 0 Å². The molecule has 1 amide bonds. The van der Waals surface area contributed by atoms with Crippen molar-refractivity contribution in [3.05, 3.63) is 30.1 Å². The molecule has 0 fully saturated rings. The smallest absolute Gasteiger partial charge is 0.225 e. The van der Waals surface area contributed by atoms with Gasteiger partial charge in [0.1, 0.15) is 5.82 Å². The summed E-state index contributed by atoms with van der Waals surface area (Å²) >= 11 is 0. The first-order valence-electron chi connectivity index (χ1n) is 8.01. The number of rotatable bonds is 8. The summed E-state index contributed by atoms with van der Waals surface area (Å²) in [4.78, 5) is 16.1. The number of carbonyl (C=O) groups excluding carboxylic acids is 1. The first kappa shape index (κ1) is 19.1. The standard InChI is InChI=1S/C16H23N5O3S/c1-11(2)10-25(23,24)8-7-15(22)18-13-5-3-12(4-6-13)16-19-14(9-17)20-21-16/h3-6,11H,7-10,17H2,1-2H3,(H,18,22)(H,19,20,21). The summed E-state index contributed by atoms with van der Waals surface area (Å²) in [5.41, 5.74) is 6.85. The average molecular weight is 365 g/mol. The Morgan fingerprint density at radius 2 is 1.96 bits per heavy atom. The van der Waals surface area contributed by atoms with Crippen molar-refractivity contribution >= 4 is 21.4 Å². The number of aromatic amines is 1. The van der Waals surface area contributed by atoms with Gasteiger partial charge in [0.15, 0.2) is 15.7 Å². The zero-order chi connectivity index (χ0) is 18.4. The summed E-state index contributed by atoms with van der Waals surface area (Å²) < 4.78 is 23.6. The molecule has 0 saturated carbocycles. The van der Waals surface area contributed by atoms with Crippen molar-refractivity contribution in [2.45, 2.75) is 26.8 Å². The van der Waals surface area contributed by atoms with Crippen LogP contribution in [-0.2, 0) is 21.2 Å². The van der Waals surface area contributed by atoms with Gasteiger partial charge in [0.05, 0.1) is 18.1 Å². The Hall–Kier alpha value is -2.26. The van der Waals surface area contributed by atoms with Crippen molar-refractivity contribution < 1.29 is 13.2 Å². The molecule has 0 radical (unpaired) electrons. The summed E-state index contributed by atoms with van der Waals surface area (Å²) in [6.07, 6.45) is -0.0579. The Balaban J connectivity index is 1.91. The summed E-state index contributed by atoms with van der Waals surface area (Å²) in [7, 11) is -3.20. The molecular formula is C16H23N5O3S. The molecule has 4 N–H and O–H groups in total. The molecule has 2 aromatic rings. The van der Waals surface area contributed by atoms with Gasteiger partial charge in [0.25, 0.3) is 0 Å². The molecule has 1 heterocycles. The van der Waals surface area contributed by atoms with Crippen LogP contribution in [0.25, 0.3) is 11.4 Å². The number of benzene rings is 1. The fourth-order valence-corrected chi connectivity index (χ4v) is 3.96. The monoisotopic (exact) mass is 365 g/mol. The molecule has 0 atom stereocenters. The topological polar surface area (TPSA) is 131 Å². The second-order valence-electron chi connectivity index (χ2n) is 6.19. The second kappa shape index (κ2) is 8.21. The van der Waals surface area contributed by atoms with Crippen molar-refractivity contribution in [2.24, 2.45) is 11.7 Å². The highest BCUT2D eigenvalue weighted by Gasteiger charge is 2.15. The molecule has 1 aromatic carbocycles. The lowest BCUT2D eigenvalue weighted by Crippen LogP contribution is -2.20. The molecule has 1 aromatic heterocycles. The highest BCUT2D eigenvalue weighted by Crippen LogP contribution is 2.18. The van der Waals surface area contributed by atoms with E-state index >= 15 is 0 Å². The fraction of sp³-hybridized carbons (Fsp3) is 0.438. The third kappa shape index (κ3) is 5.95. The maximum atomic E-state index is 11.9. The number of nitrogens with two attached hydrogens (primary N) is 1. The average Bonchev–Trinajstić information content (AvgIpc) is 3.02. The van der Waals surface area contributed by atoms with Gasteiger partial charge in [-0.2, -0.15) is 5.10 Å². The third-order valence-electron chi connectivity index (χ3n) is 3.38. The summed E-state index contributed by atoms with van der Waals surface area (Å²) in [6, 6.07) is 6.98. The van der Waals surface area contributed by atoms with E-state index in [0.29, 0.717) is 17.3 Å². The second-order valence-corrected chi connectivity index (χ2v) is 8.42. The van der Waals surface area contributed by atoms with Crippen molar-refractivity contribution in [2.75, 3.05) is 16.8 Å². The van der Waals surface area contributed by atoms with Crippen molar-refractivity contribution in [3.8, 4) is 11.4 Å². The van der Waals surface area contributed by atoms with E-state index in [0.717, 1.165) is 5.56 Å². The third-order valence-corrected chi connectivity index (χ3v) is 5.38. The van der Waals surface area contributed by atoms with E-state index in [1.165, 1.54) is 0 Å². The normalized spacial score (nSPS) is 11.7. The number of aromatic nitrogens is 3. The minimum Gasteiger partial charge on any atom is -0.326 e. The molecule has 2 rings (SSSR count). The van der Waals surface area contributed by atoms with Gasteiger partial charge >= 0.3 is 0 Å². The molecule has 9 heteroatoms. The van der Waals surface area contributed by atoms with Crippen molar-refractivity contribution in [1.82, 2.24) is 15.2 Å². The largest absolute Gasteiger partial charge is 0.326 e. The first-order valence-corrected chi connectivity index (χ1v) is 9.83. The number of H-pyrrole nitrogens is 1. The quantitative estimate of drug-likeness (QED) is 0.647. The number of nitrogens with one attached hydrogen (secondary N) is 2. The Morgan fingerprint density at radius 1 is 1.28 bits per heavy atom. The molecule has 0 aliphatic carbocycles. The van der Waals surface area contributed by atoms with E-state index in [4.69, 9.17) is 5.73 Å². The highest BCUT2D eigenvalue weighted by molar-refractivity contribution is 7.91. The Labute approximate surface area is 147 Å². The number of nitrogens with zero attached hydrogens (tertiary/aromatic N) is 2. The lowest BCUT2D eigenvalue weighted by molar-refractivity contribution is -0.115. The van der Waals surface area contributed by atoms with Crippen LogP contribution in [0, 0.1) is 5.92 Å². The molecule has 0 spiro atoms. The number of amides is 1. The first-order chi connectivity index (χ1) is 11.8. The summed E-state index contributed by atoms with van der Waals surface area (Å²) in [5.74, 6) is 0.789. The minimum absolute atomic E-state index is 0.0519. The van der Waals surface area contributed by atoms with Crippen LogP contribution < -0.4 is 11.1 Å². The van der Waals surface area contributed by atoms with Crippen LogP contribution in [0.15, 0.2) is 24.3 Å². The highest BCUT2D eigenvalue weighted by atomic mass is 32.2. The van der Waals surface area contributed by atoms with E-state index in [9.17, 15) is 13.2 Å². The lowest BCUT2D eigenvalue weighted by atomic mass is 10.2. The predicted octanol–water partition coefficient (Wildman–Crippen LogP) is 1.33. The molecule has 136 valence electrons.